The van der Waals surface area contributed by atoms with Crippen LogP contribution in [0.5, 0.6) is 0 Å². The summed E-state index contributed by atoms with van der Waals surface area (Å²) in [6.07, 6.45) is -1.63. The number of alkyl halides is 3. The van der Waals surface area contributed by atoms with E-state index in [1.54, 1.807) is 0 Å². The summed E-state index contributed by atoms with van der Waals surface area (Å²) in [4.78, 5) is 6.41. The summed E-state index contributed by atoms with van der Waals surface area (Å²) < 4.78 is 36.1. The van der Waals surface area contributed by atoms with Crippen molar-refractivity contribution < 1.29 is 13.2 Å². The Morgan fingerprint density at radius 1 is 1.33 bits per heavy atom. The van der Waals surface area contributed by atoms with Crippen LogP contribution in [0.3, 0.4) is 0 Å². The summed E-state index contributed by atoms with van der Waals surface area (Å²) in [5.41, 5.74) is 6.11. The normalized spacial score (nSPS) is 13.1. The average molecular weight is 242 g/mol. The van der Waals surface area contributed by atoms with Crippen molar-refractivity contribution in [3.8, 4) is 0 Å². The van der Waals surface area contributed by atoms with Crippen LogP contribution in [0.1, 0.15) is 30.8 Å². The molecule has 0 bridgehead atoms. The van der Waals surface area contributed by atoms with Gasteiger partial charge in [-0.2, -0.15) is 13.2 Å². The quantitative estimate of drug-likeness (QED) is 0.865. The van der Waals surface area contributed by atoms with Crippen LogP contribution in [0.15, 0.2) is 12.4 Å². The van der Waals surface area contributed by atoms with Crippen LogP contribution in [-0.4, -0.2) is 9.97 Å². The molecule has 0 amide bonds. The number of aromatic nitrogens is 2. The Morgan fingerprint density at radius 3 is 2.13 bits per heavy atom. The average Bonchev–Trinajstić information content (AvgIpc) is 2.15. The molecule has 0 aliphatic rings. The Bertz CT molecular complexity index is 299. The standard InChI is InChI=1S/C8H10F3N3.ClH/c1-2-6(12)5-3-13-7(14-4-5)8(9,10)11;/h3-4,6H,2,12H2,1H3;1H/t6-;/m0./s1. The highest BCUT2D eigenvalue weighted by molar-refractivity contribution is 5.85. The van der Waals surface area contributed by atoms with Gasteiger partial charge in [0.2, 0.25) is 5.82 Å². The molecule has 2 N–H and O–H groups in total. The predicted octanol–water partition coefficient (Wildman–Crippen LogP) is 2.33. The SMILES string of the molecule is CC[C@H](N)c1cnc(C(F)(F)F)nc1.Cl. The molecule has 15 heavy (non-hydrogen) atoms. The molecule has 0 spiro atoms. The third-order valence-corrected chi connectivity index (χ3v) is 1.79. The molecule has 1 heterocycles. The molecule has 1 aromatic heterocycles. The summed E-state index contributed by atoms with van der Waals surface area (Å²) in [5, 5.41) is 0. The summed E-state index contributed by atoms with van der Waals surface area (Å²) >= 11 is 0. The first-order valence-corrected chi connectivity index (χ1v) is 4.10. The fraction of sp³-hybridized carbons (Fsp3) is 0.500. The smallest absolute Gasteiger partial charge is 0.324 e. The van der Waals surface area contributed by atoms with E-state index in [0.717, 1.165) is 12.4 Å². The molecule has 0 aromatic carbocycles. The van der Waals surface area contributed by atoms with Gasteiger partial charge in [0, 0.05) is 24.0 Å². The molecule has 0 radical (unpaired) electrons. The van der Waals surface area contributed by atoms with Crippen LogP contribution in [-0.2, 0) is 6.18 Å². The lowest BCUT2D eigenvalue weighted by Gasteiger charge is -2.09. The first-order valence-electron chi connectivity index (χ1n) is 4.10. The molecule has 0 saturated carbocycles. The minimum atomic E-state index is -4.49. The highest BCUT2D eigenvalue weighted by atomic mass is 35.5. The lowest BCUT2D eigenvalue weighted by molar-refractivity contribution is -0.145. The lowest BCUT2D eigenvalue weighted by atomic mass is 10.1. The second kappa shape index (κ2) is 5.27. The first kappa shape index (κ1) is 14.1. The fourth-order valence-corrected chi connectivity index (χ4v) is 0.912. The molecule has 7 heteroatoms. The van der Waals surface area contributed by atoms with Gasteiger partial charge in [-0.1, -0.05) is 6.92 Å². The topological polar surface area (TPSA) is 51.8 Å². The molecule has 0 aliphatic heterocycles. The van der Waals surface area contributed by atoms with Gasteiger partial charge >= 0.3 is 6.18 Å². The van der Waals surface area contributed by atoms with Crippen LogP contribution in [0, 0.1) is 0 Å². The van der Waals surface area contributed by atoms with Crippen molar-refractivity contribution in [2.24, 2.45) is 5.73 Å². The van der Waals surface area contributed by atoms with E-state index < -0.39 is 12.0 Å². The molecule has 0 unspecified atom stereocenters. The van der Waals surface area contributed by atoms with E-state index >= 15 is 0 Å². The summed E-state index contributed by atoms with van der Waals surface area (Å²) in [5.74, 6) is -1.13. The second-order valence-electron chi connectivity index (χ2n) is 2.85. The molecular weight excluding hydrogens is 231 g/mol. The first-order chi connectivity index (χ1) is 6.45. The maximum atomic E-state index is 12.0. The maximum Gasteiger partial charge on any atom is 0.451 e. The van der Waals surface area contributed by atoms with Gasteiger partial charge in [-0.15, -0.1) is 12.4 Å². The molecule has 0 saturated heterocycles. The minimum absolute atomic E-state index is 0. The minimum Gasteiger partial charge on any atom is -0.324 e. The van der Waals surface area contributed by atoms with Crippen LogP contribution in [0.25, 0.3) is 0 Å². The maximum absolute atomic E-state index is 12.0. The number of hydrogen-bond acceptors (Lipinski definition) is 3. The van der Waals surface area contributed by atoms with E-state index in [1.165, 1.54) is 0 Å². The van der Waals surface area contributed by atoms with Gasteiger partial charge in [0.05, 0.1) is 0 Å². The van der Waals surface area contributed by atoms with Gasteiger partial charge in [-0.05, 0) is 6.42 Å². The summed E-state index contributed by atoms with van der Waals surface area (Å²) in [7, 11) is 0. The van der Waals surface area contributed by atoms with Crippen LogP contribution in [0.2, 0.25) is 0 Å². The Labute approximate surface area is 91.3 Å². The Kier molecular flexibility index (Phi) is 4.96. The van der Waals surface area contributed by atoms with Crippen molar-refractivity contribution in [3.05, 3.63) is 23.8 Å². The van der Waals surface area contributed by atoms with Gasteiger partial charge in [-0.3, -0.25) is 0 Å². The molecule has 3 nitrogen and oxygen atoms in total. The second-order valence-corrected chi connectivity index (χ2v) is 2.85. The van der Waals surface area contributed by atoms with Gasteiger partial charge in [0.25, 0.3) is 0 Å². The predicted molar refractivity (Wildman–Crippen MR) is 51.5 cm³/mol. The van der Waals surface area contributed by atoms with E-state index in [1.807, 2.05) is 6.92 Å². The zero-order valence-corrected chi connectivity index (χ0v) is 8.77. The van der Waals surface area contributed by atoms with Crippen molar-refractivity contribution in [2.45, 2.75) is 25.6 Å². The van der Waals surface area contributed by atoms with E-state index in [0.29, 0.717) is 12.0 Å². The molecule has 86 valence electrons. The van der Waals surface area contributed by atoms with Crippen molar-refractivity contribution in [3.63, 3.8) is 0 Å². The molecular formula is C8H11ClF3N3. The van der Waals surface area contributed by atoms with Crippen LogP contribution >= 0.6 is 12.4 Å². The third-order valence-electron chi connectivity index (χ3n) is 1.79. The molecule has 1 rings (SSSR count). The van der Waals surface area contributed by atoms with Crippen molar-refractivity contribution in [1.29, 1.82) is 0 Å². The highest BCUT2D eigenvalue weighted by Gasteiger charge is 2.34. The Hall–Kier alpha value is -0.880. The molecule has 1 atom stereocenters. The third kappa shape index (κ3) is 3.64. The van der Waals surface area contributed by atoms with Crippen molar-refractivity contribution in [1.82, 2.24) is 9.97 Å². The van der Waals surface area contributed by atoms with Gasteiger partial charge in [0.1, 0.15) is 0 Å². The number of rotatable bonds is 2. The number of nitrogens with two attached hydrogens (primary N) is 1. The highest BCUT2D eigenvalue weighted by Crippen LogP contribution is 2.25. The van der Waals surface area contributed by atoms with Gasteiger partial charge in [0.15, 0.2) is 0 Å². The largest absolute Gasteiger partial charge is 0.451 e. The number of halogens is 4. The molecule has 0 aliphatic carbocycles. The van der Waals surface area contributed by atoms with Crippen molar-refractivity contribution in [2.75, 3.05) is 0 Å². The summed E-state index contributed by atoms with van der Waals surface area (Å²) in [6.45, 7) is 1.84. The van der Waals surface area contributed by atoms with E-state index in [2.05, 4.69) is 9.97 Å². The molecule has 0 fully saturated rings. The van der Waals surface area contributed by atoms with E-state index in [-0.39, 0.29) is 18.4 Å². The van der Waals surface area contributed by atoms with E-state index in [4.69, 9.17) is 5.73 Å². The Balaban J connectivity index is 0.00000196. The van der Waals surface area contributed by atoms with Crippen LogP contribution < -0.4 is 5.73 Å². The fourth-order valence-electron chi connectivity index (χ4n) is 0.912. The Morgan fingerprint density at radius 2 is 1.80 bits per heavy atom. The number of nitrogens with zero attached hydrogens (tertiary/aromatic N) is 2. The zero-order valence-electron chi connectivity index (χ0n) is 7.95. The van der Waals surface area contributed by atoms with Gasteiger partial charge in [-0.25, -0.2) is 9.97 Å². The molecule has 1 aromatic rings. The van der Waals surface area contributed by atoms with E-state index in [9.17, 15) is 13.2 Å². The number of hydrogen-bond donors (Lipinski definition) is 1. The van der Waals surface area contributed by atoms with Gasteiger partial charge < -0.3 is 5.73 Å². The summed E-state index contributed by atoms with van der Waals surface area (Å²) in [6, 6.07) is -0.308. The van der Waals surface area contributed by atoms with Crippen molar-refractivity contribution >= 4 is 12.4 Å². The van der Waals surface area contributed by atoms with Crippen LogP contribution in [0.4, 0.5) is 13.2 Å². The lowest BCUT2D eigenvalue weighted by Crippen LogP contribution is -2.14. The zero-order chi connectivity index (χ0) is 10.8. The monoisotopic (exact) mass is 241 g/mol.